The first kappa shape index (κ1) is 18.7. The molecule has 4 rings (SSSR count). The van der Waals surface area contributed by atoms with Crippen LogP contribution in [0.3, 0.4) is 0 Å². The predicted octanol–water partition coefficient (Wildman–Crippen LogP) is 3.00. The van der Waals surface area contributed by atoms with Crippen LogP contribution in [0.5, 0.6) is 5.75 Å². The molecule has 3 N–H and O–H groups in total. The lowest BCUT2D eigenvalue weighted by molar-refractivity contribution is 0.143. The number of rotatable bonds is 3. The van der Waals surface area contributed by atoms with Crippen molar-refractivity contribution in [1.29, 1.82) is 0 Å². The van der Waals surface area contributed by atoms with Crippen molar-refractivity contribution in [3.8, 4) is 5.75 Å². The van der Waals surface area contributed by atoms with E-state index in [0.717, 1.165) is 37.4 Å². The second-order valence-corrected chi connectivity index (χ2v) is 8.26. The zero-order valence-corrected chi connectivity index (χ0v) is 16.0. The van der Waals surface area contributed by atoms with Gasteiger partial charge in [-0.15, -0.1) is 0 Å². The maximum absolute atomic E-state index is 15.1. The quantitative estimate of drug-likeness (QED) is 0.784. The van der Waals surface area contributed by atoms with Gasteiger partial charge in [0.15, 0.2) is 11.6 Å². The SMILES string of the molecule is Cc1c(N2CCCC(C)(N)C2)c(F)cn2c(=O)c(OC(=O)O)cc(C3CC3)c12. The fourth-order valence-corrected chi connectivity index (χ4v) is 4.34. The molecule has 3 heterocycles. The van der Waals surface area contributed by atoms with Crippen LogP contribution in [0.25, 0.3) is 5.52 Å². The minimum Gasteiger partial charge on any atom is -0.449 e. The second kappa shape index (κ2) is 6.48. The number of nitrogens with zero attached hydrogens (tertiary/aromatic N) is 2. The van der Waals surface area contributed by atoms with Gasteiger partial charge in [0.05, 0.1) is 17.4 Å². The number of aryl methyl sites for hydroxylation is 1. The average Bonchev–Trinajstić information content (AvgIpc) is 3.41. The van der Waals surface area contributed by atoms with Crippen molar-refractivity contribution < 1.29 is 19.0 Å². The van der Waals surface area contributed by atoms with E-state index in [4.69, 9.17) is 10.8 Å². The van der Waals surface area contributed by atoms with Crippen LogP contribution in [0.1, 0.15) is 49.7 Å². The first-order valence-corrected chi connectivity index (χ1v) is 9.51. The van der Waals surface area contributed by atoms with Crippen molar-refractivity contribution in [2.45, 2.75) is 51.0 Å². The Bertz CT molecular complexity index is 1030. The third-order valence-electron chi connectivity index (χ3n) is 5.67. The highest BCUT2D eigenvalue weighted by molar-refractivity contribution is 5.74. The maximum atomic E-state index is 15.1. The second-order valence-electron chi connectivity index (χ2n) is 8.26. The van der Waals surface area contributed by atoms with E-state index in [1.54, 1.807) is 6.92 Å². The van der Waals surface area contributed by atoms with Crippen LogP contribution in [0.15, 0.2) is 17.1 Å². The molecule has 2 fully saturated rings. The lowest BCUT2D eigenvalue weighted by Crippen LogP contribution is -2.52. The number of halogens is 1. The van der Waals surface area contributed by atoms with E-state index in [-0.39, 0.29) is 11.7 Å². The molecule has 0 radical (unpaired) electrons. The normalized spacial score (nSPS) is 22.5. The fourth-order valence-electron chi connectivity index (χ4n) is 4.34. The molecule has 1 saturated heterocycles. The topological polar surface area (TPSA) is 97.3 Å². The Labute approximate surface area is 161 Å². The lowest BCUT2D eigenvalue weighted by atomic mass is 9.91. The molecule has 2 aromatic heterocycles. The van der Waals surface area contributed by atoms with Crippen molar-refractivity contribution in [3.63, 3.8) is 0 Å². The summed E-state index contributed by atoms with van der Waals surface area (Å²) in [5.41, 5.74) is 7.80. The first-order valence-electron chi connectivity index (χ1n) is 9.51. The van der Waals surface area contributed by atoms with Crippen LogP contribution < -0.4 is 20.9 Å². The van der Waals surface area contributed by atoms with E-state index in [2.05, 4.69) is 4.74 Å². The van der Waals surface area contributed by atoms with Gasteiger partial charge in [0.1, 0.15) is 0 Å². The molecule has 0 bridgehead atoms. The van der Waals surface area contributed by atoms with Crippen molar-refractivity contribution in [1.82, 2.24) is 4.40 Å². The van der Waals surface area contributed by atoms with Gasteiger partial charge < -0.3 is 20.5 Å². The number of anilines is 1. The summed E-state index contributed by atoms with van der Waals surface area (Å²) in [6, 6.07) is 1.50. The van der Waals surface area contributed by atoms with Crippen LogP contribution in [0, 0.1) is 12.7 Å². The zero-order valence-electron chi connectivity index (χ0n) is 16.0. The number of carbonyl (C=O) groups is 1. The summed E-state index contributed by atoms with van der Waals surface area (Å²) in [4.78, 5) is 25.6. The number of pyridine rings is 2. The number of nitrogens with two attached hydrogens (primary N) is 1. The summed E-state index contributed by atoms with van der Waals surface area (Å²) in [6.45, 7) is 5.00. The number of hydrogen-bond donors (Lipinski definition) is 2. The largest absolute Gasteiger partial charge is 0.511 e. The van der Waals surface area contributed by atoms with Crippen molar-refractivity contribution in [2.24, 2.45) is 5.73 Å². The first-order chi connectivity index (χ1) is 13.2. The summed E-state index contributed by atoms with van der Waals surface area (Å²) in [6.07, 6.45) is 3.20. The number of ether oxygens (including phenoxy) is 1. The molecule has 1 atom stereocenters. The standard InChI is InChI=1S/C20H24FN3O4/c1-11-16-13(12-4-5-12)8-15(28-19(26)27)18(25)24(16)9-14(21)17(11)23-7-3-6-20(2,22)10-23/h8-9,12H,3-7,10,22H2,1-2H3,(H,26,27). The summed E-state index contributed by atoms with van der Waals surface area (Å²) >= 11 is 0. The van der Waals surface area contributed by atoms with Crippen LogP contribution in [-0.2, 0) is 0 Å². The highest BCUT2D eigenvalue weighted by Crippen LogP contribution is 2.44. The van der Waals surface area contributed by atoms with Gasteiger partial charge in [-0.25, -0.2) is 9.18 Å². The Morgan fingerprint density at radius 1 is 1.43 bits per heavy atom. The van der Waals surface area contributed by atoms with E-state index in [1.807, 2.05) is 11.8 Å². The third kappa shape index (κ3) is 3.22. The van der Waals surface area contributed by atoms with E-state index >= 15 is 4.39 Å². The number of piperidine rings is 1. The summed E-state index contributed by atoms with van der Waals surface area (Å²) < 4.78 is 21.0. The van der Waals surface area contributed by atoms with Crippen molar-refractivity contribution >= 4 is 17.4 Å². The van der Waals surface area contributed by atoms with Crippen molar-refractivity contribution in [2.75, 3.05) is 18.0 Å². The molecular weight excluding hydrogens is 365 g/mol. The highest BCUT2D eigenvalue weighted by atomic mass is 19.1. The number of carboxylic acid groups (broad SMARTS) is 1. The number of fused-ring (bicyclic) bond motifs is 1. The molecule has 0 amide bonds. The molecule has 1 aliphatic heterocycles. The Morgan fingerprint density at radius 3 is 2.75 bits per heavy atom. The minimum absolute atomic E-state index is 0.213. The molecular formula is C20H24FN3O4. The van der Waals surface area contributed by atoms with Gasteiger partial charge in [-0.2, -0.15) is 0 Å². The fraction of sp³-hybridized carbons (Fsp3) is 0.500. The van der Waals surface area contributed by atoms with E-state index in [0.29, 0.717) is 29.9 Å². The highest BCUT2D eigenvalue weighted by Gasteiger charge is 2.33. The Morgan fingerprint density at radius 2 is 2.14 bits per heavy atom. The smallest absolute Gasteiger partial charge is 0.449 e. The van der Waals surface area contributed by atoms with Gasteiger partial charge in [0.2, 0.25) is 0 Å². The van der Waals surface area contributed by atoms with Gasteiger partial charge >= 0.3 is 6.16 Å². The van der Waals surface area contributed by atoms with Gasteiger partial charge in [0.25, 0.3) is 5.56 Å². The van der Waals surface area contributed by atoms with Crippen LogP contribution >= 0.6 is 0 Å². The lowest BCUT2D eigenvalue weighted by Gasteiger charge is -2.40. The number of aromatic nitrogens is 1. The molecule has 1 aliphatic carbocycles. The molecule has 8 heteroatoms. The summed E-state index contributed by atoms with van der Waals surface area (Å²) in [7, 11) is 0. The van der Waals surface area contributed by atoms with Crippen LogP contribution in [0.2, 0.25) is 0 Å². The van der Waals surface area contributed by atoms with Gasteiger partial charge in [0, 0.05) is 18.6 Å². The van der Waals surface area contributed by atoms with Gasteiger partial charge in [-0.1, -0.05) is 0 Å². The molecule has 150 valence electrons. The molecule has 1 unspecified atom stereocenters. The van der Waals surface area contributed by atoms with Crippen molar-refractivity contribution in [3.05, 3.63) is 39.6 Å². The summed E-state index contributed by atoms with van der Waals surface area (Å²) in [5, 5.41) is 8.92. The average molecular weight is 389 g/mol. The summed E-state index contributed by atoms with van der Waals surface area (Å²) in [5.74, 6) is -0.616. The predicted molar refractivity (Wildman–Crippen MR) is 103 cm³/mol. The molecule has 1 saturated carbocycles. The third-order valence-corrected chi connectivity index (χ3v) is 5.67. The molecule has 7 nitrogen and oxygen atoms in total. The minimum atomic E-state index is -1.57. The molecule has 2 aromatic rings. The Kier molecular flexibility index (Phi) is 4.33. The Hall–Kier alpha value is -2.61. The number of hydrogen-bond acceptors (Lipinski definition) is 5. The van der Waals surface area contributed by atoms with E-state index < -0.39 is 23.1 Å². The zero-order chi connectivity index (χ0) is 20.2. The monoisotopic (exact) mass is 389 g/mol. The maximum Gasteiger partial charge on any atom is 0.511 e. The van der Waals surface area contributed by atoms with Crippen LogP contribution in [-0.4, -0.2) is 34.3 Å². The molecule has 2 aliphatic rings. The molecule has 0 aromatic carbocycles. The van der Waals surface area contributed by atoms with Gasteiger partial charge in [-0.3, -0.25) is 9.20 Å². The van der Waals surface area contributed by atoms with E-state index in [1.165, 1.54) is 10.5 Å². The molecule has 0 spiro atoms. The van der Waals surface area contributed by atoms with Gasteiger partial charge in [-0.05, 0) is 62.6 Å². The molecule has 28 heavy (non-hydrogen) atoms. The van der Waals surface area contributed by atoms with E-state index in [9.17, 15) is 9.59 Å². The Balaban J connectivity index is 1.94. The van der Waals surface area contributed by atoms with Crippen LogP contribution in [0.4, 0.5) is 14.9 Å².